The summed E-state index contributed by atoms with van der Waals surface area (Å²) in [4.78, 5) is 1.49. The Morgan fingerprint density at radius 2 is 1.93 bits per heavy atom. The zero-order chi connectivity index (χ0) is 10.3. The highest BCUT2D eigenvalue weighted by atomic mass is 32.1. The predicted octanol–water partition coefficient (Wildman–Crippen LogP) is 3.59. The Morgan fingerprint density at radius 3 is 2.40 bits per heavy atom. The predicted molar refractivity (Wildman–Crippen MR) is 65.1 cm³/mol. The van der Waals surface area contributed by atoms with Crippen molar-refractivity contribution in [2.24, 2.45) is 11.8 Å². The molecule has 0 amide bonds. The molecule has 15 heavy (non-hydrogen) atoms. The molecule has 1 aromatic heterocycles. The van der Waals surface area contributed by atoms with Crippen molar-refractivity contribution in [1.82, 2.24) is 5.32 Å². The van der Waals surface area contributed by atoms with Gasteiger partial charge in [-0.2, -0.15) is 0 Å². The summed E-state index contributed by atoms with van der Waals surface area (Å²) >= 11 is 1.87. The van der Waals surface area contributed by atoms with Crippen LogP contribution in [-0.4, -0.2) is 6.04 Å². The first kappa shape index (κ1) is 9.86. The van der Waals surface area contributed by atoms with Crippen LogP contribution in [0.15, 0.2) is 17.5 Å². The quantitative estimate of drug-likeness (QED) is 0.801. The topological polar surface area (TPSA) is 12.0 Å². The van der Waals surface area contributed by atoms with Crippen molar-refractivity contribution >= 4 is 11.3 Å². The van der Waals surface area contributed by atoms with E-state index >= 15 is 0 Å². The summed E-state index contributed by atoms with van der Waals surface area (Å²) in [5.41, 5.74) is 0. The van der Waals surface area contributed by atoms with Gasteiger partial charge in [0.05, 0.1) is 0 Å². The summed E-state index contributed by atoms with van der Waals surface area (Å²) in [6.07, 6.45) is 5.85. The lowest BCUT2D eigenvalue weighted by Crippen LogP contribution is -2.34. The molecule has 1 N–H and O–H groups in total. The van der Waals surface area contributed by atoms with E-state index in [-0.39, 0.29) is 0 Å². The summed E-state index contributed by atoms with van der Waals surface area (Å²) in [6.45, 7) is 2.31. The van der Waals surface area contributed by atoms with E-state index in [1.165, 1.54) is 30.6 Å². The summed E-state index contributed by atoms with van der Waals surface area (Å²) in [7, 11) is 0. The molecule has 2 aliphatic rings. The summed E-state index contributed by atoms with van der Waals surface area (Å²) in [5, 5.41) is 6.03. The first-order valence-electron chi connectivity index (χ1n) is 6.14. The first-order chi connectivity index (χ1) is 7.34. The maximum absolute atomic E-state index is 3.85. The van der Waals surface area contributed by atoms with Crippen LogP contribution >= 0.6 is 11.3 Å². The Kier molecular flexibility index (Phi) is 2.57. The van der Waals surface area contributed by atoms with Gasteiger partial charge in [-0.15, -0.1) is 11.3 Å². The Bertz CT molecular complexity index is 299. The van der Waals surface area contributed by atoms with Gasteiger partial charge in [0.15, 0.2) is 0 Å². The van der Waals surface area contributed by atoms with Crippen molar-refractivity contribution in [3.8, 4) is 0 Å². The van der Waals surface area contributed by atoms with Gasteiger partial charge in [-0.05, 0) is 55.9 Å². The molecule has 2 saturated carbocycles. The number of hydrogen-bond donors (Lipinski definition) is 1. The van der Waals surface area contributed by atoms with Crippen LogP contribution in [0.5, 0.6) is 0 Å². The summed E-state index contributed by atoms with van der Waals surface area (Å²) in [6, 6.07) is 5.78. The molecule has 0 aliphatic heterocycles. The molecule has 0 spiro atoms. The largest absolute Gasteiger partial charge is 0.306 e. The molecular weight excluding hydrogens is 202 g/mol. The first-order valence-corrected chi connectivity index (χ1v) is 7.02. The van der Waals surface area contributed by atoms with Crippen LogP contribution in [0, 0.1) is 11.8 Å². The maximum Gasteiger partial charge on any atom is 0.0388 e. The van der Waals surface area contributed by atoms with E-state index < -0.39 is 0 Å². The van der Waals surface area contributed by atoms with Crippen molar-refractivity contribution in [2.75, 3.05) is 0 Å². The average molecular weight is 221 g/mol. The molecule has 1 aromatic rings. The smallest absolute Gasteiger partial charge is 0.0388 e. The van der Waals surface area contributed by atoms with E-state index in [0.717, 1.165) is 17.9 Å². The third-order valence-electron chi connectivity index (χ3n) is 3.67. The minimum Gasteiger partial charge on any atom is -0.306 e. The Morgan fingerprint density at radius 1 is 1.27 bits per heavy atom. The van der Waals surface area contributed by atoms with Crippen LogP contribution in [0.1, 0.15) is 43.5 Å². The van der Waals surface area contributed by atoms with Gasteiger partial charge in [0.25, 0.3) is 0 Å². The molecule has 2 aliphatic carbocycles. The van der Waals surface area contributed by atoms with E-state index in [1.807, 2.05) is 11.3 Å². The summed E-state index contributed by atoms with van der Waals surface area (Å²) in [5.74, 6) is 2.00. The number of hydrogen-bond acceptors (Lipinski definition) is 2. The third-order valence-corrected chi connectivity index (χ3v) is 4.73. The fraction of sp³-hybridized carbons (Fsp3) is 0.692. The number of nitrogens with one attached hydrogen (secondary N) is 1. The van der Waals surface area contributed by atoms with Crippen molar-refractivity contribution in [1.29, 1.82) is 0 Å². The second-order valence-electron chi connectivity index (χ2n) is 5.10. The Hall–Kier alpha value is -0.340. The highest BCUT2D eigenvalue weighted by molar-refractivity contribution is 7.10. The van der Waals surface area contributed by atoms with Crippen LogP contribution in [0.3, 0.4) is 0 Å². The SMILES string of the molecule is C[C@H](NC(C1CC1)C1CC1)c1cccs1. The van der Waals surface area contributed by atoms with Gasteiger partial charge >= 0.3 is 0 Å². The standard InChI is InChI=1S/C13H19NS/c1-9(12-3-2-8-15-12)14-13(10-4-5-10)11-6-7-11/h2-3,8-11,13-14H,4-7H2,1H3/t9-/m0/s1. The molecule has 2 fully saturated rings. The number of rotatable bonds is 5. The molecule has 0 radical (unpaired) electrons. The van der Waals surface area contributed by atoms with Gasteiger partial charge in [-0.1, -0.05) is 6.07 Å². The second kappa shape index (κ2) is 3.91. The maximum atomic E-state index is 3.85. The van der Waals surface area contributed by atoms with E-state index in [9.17, 15) is 0 Å². The van der Waals surface area contributed by atoms with Crippen LogP contribution in [-0.2, 0) is 0 Å². The normalized spacial score (nSPS) is 23.3. The lowest BCUT2D eigenvalue weighted by atomic mass is 10.1. The zero-order valence-corrected chi connectivity index (χ0v) is 10.1. The molecule has 82 valence electrons. The van der Waals surface area contributed by atoms with Gasteiger partial charge in [0.1, 0.15) is 0 Å². The Balaban J connectivity index is 1.62. The monoisotopic (exact) mass is 221 g/mol. The van der Waals surface area contributed by atoms with Gasteiger partial charge in [-0.25, -0.2) is 0 Å². The lowest BCUT2D eigenvalue weighted by molar-refractivity contribution is 0.380. The van der Waals surface area contributed by atoms with Gasteiger partial charge in [-0.3, -0.25) is 0 Å². The van der Waals surface area contributed by atoms with Crippen molar-refractivity contribution in [3.63, 3.8) is 0 Å². The fourth-order valence-electron chi connectivity index (χ4n) is 2.48. The van der Waals surface area contributed by atoms with Crippen LogP contribution < -0.4 is 5.32 Å². The van der Waals surface area contributed by atoms with Crippen molar-refractivity contribution in [2.45, 2.75) is 44.7 Å². The third kappa shape index (κ3) is 2.26. The van der Waals surface area contributed by atoms with Crippen LogP contribution in [0.25, 0.3) is 0 Å². The van der Waals surface area contributed by atoms with E-state index in [1.54, 1.807) is 0 Å². The lowest BCUT2D eigenvalue weighted by Gasteiger charge is -2.22. The molecule has 1 heterocycles. The number of thiophene rings is 1. The molecule has 0 saturated heterocycles. The highest BCUT2D eigenvalue weighted by Gasteiger charge is 2.41. The molecule has 3 rings (SSSR count). The van der Waals surface area contributed by atoms with Crippen LogP contribution in [0.4, 0.5) is 0 Å². The minimum absolute atomic E-state index is 0.552. The minimum atomic E-state index is 0.552. The zero-order valence-electron chi connectivity index (χ0n) is 9.28. The summed E-state index contributed by atoms with van der Waals surface area (Å²) < 4.78 is 0. The van der Waals surface area contributed by atoms with Crippen molar-refractivity contribution in [3.05, 3.63) is 22.4 Å². The van der Waals surface area contributed by atoms with E-state index in [0.29, 0.717) is 6.04 Å². The van der Waals surface area contributed by atoms with Gasteiger partial charge in [0.2, 0.25) is 0 Å². The van der Waals surface area contributed by atoms with Gasteiger partial charge in [0, 0.05) is 17.0 Å². The molecule has 2 heteroatoms. The van der Waals surface area contributed by atoms with Gasteiger partial charge < -0.3 is 5.32 Å². The van der Waals surface area contributed by atoms with E-state index in [4.69, 9.17) is 0 Å². The molecular formula is C13H19NS. The van der Waals surface area contributed by atoms with E-state index in [2.05, 4.69) is 29.8 Å². The molecule has 0 unspecified atom stereocenters. The molecule has 0 aromatic carbocycles. The molecule has 1 atom stereocenters. The fourth-order valence-corrected chi connectivity index (χ4v) is 3.22. The molecule has 0 bridgehead atoms. The van der Waals surface area contributed by atoms with Crippen molar-refractivity contribution < 1.29 is 0 Å². The second-order valence-corrected chi connectivity index (χ2v) is 6.08. The highest BCUT2D eigenvalue weighted by Crippen LogP contribution is 2.45. The Labute approximate surface area is 95.9 Å². The molecule has 1 nitrogen and oxygen atoms in total. The van der Waals surface area contributed by atoms with Crippen LogP contribution in [0.2, 0.25) is 0 Å². The average Bonchev–Trinajstić information content (AvgIpc) is 3.15.